The fraction of sp³-hybridized carbons (Fsp3) is 0.529. The van der Waals surface area contributed by atoms with Crippen LogP contribution < -0.4 is 10.1 Å². The van der Waals surface area contributed by atoms with Crippen LogP contribution in [0.15, 0.2) is 22.6 Å². The Hall–Kier alpha value is -1.48. The molecule has 0 atom stereocenters. The van der Waals surface area contributed by atoms with E-state index in [4.69, 9.17) is 9.15 Å². The smallest absolute Gasteiger partial charge is 0.176 e. The average Bonchev–Trinajstić information content (AvgIpc) is 3.16. The lowest BCUT2D eigenvalue weighted by atomic mass is 9.99. The molecule has 0 radical (unpaired) electrons. The highest BCUT2D eigenvalue weighted by atomic mass is 16.5. The van der Waals surface area contributed by atoms with Gasteiger partial charge in [0.2, 0.25) is 0 Å². The highest BCUT2D eigenvalue weighted by molar-refractivity contribution is 5.87. The molecule has 1 aliphatic rings. The van der Waals surface area contributed by atoms with Crippen LogP contribution in [0.25, 0.3) is 11.0 Å². The number of hydrogen-bond donors (Lipinski definition) is 1. The highest BCUT2D eigenvalue weighted by Crippen LogP contribution is 2.37. The van der Waals surface area contributed by atoms with Crippen LogP contribution in [-0.2, 0) is 6.54 Å². The van der Waals surface area contributed by atoms with E-state index in [2.05, 4.69) is 25.2 Å². The molecule has 3 rings (SSSR count). The Balaban J connectivity index is 2.02. The number of rotatable bonds is 6. The van der Waals surface area contributed by atoms with Crippen molar-refractivity contribution in [1.82, 2.24) is 5.32 Å². The maximum Gasteiger partial charge on any atom is 0.176 e. The molecule has 0 spiro atoms. The van der Waals surface area contributed by atoms with Gasteiger partial charge in [-0.2, -0.15) is 0 Å². The van der Waals surface area contributed by atoms with Crippen LogP contribution in [0.4, 0.5) is 0 Å². The summed E-state index contributed by atoms with van der Waals surface area (Å²) in [7, 11) is 0. The molecule has 3 nitrogen and oxygen atoms in total. The lowest BCUT2D eigenvalue weighted by Gasteiger charge is -2.07. The molecule has 0 saturated heterocycles. The summed E-state index contributed by atoms with van der Waals surface area (Å²) in [6.45, 7) is 7.92. The van der Waals surface area contributed by atoms with Crippen molar-refractivity contribution in [3.63, 3.8) is 0 Å². The standard InChI is InChI=1S/C17H23NO2/c1-4-19-14-7-5-6-13-16(11(2)3)15(20-17(13)14)10-18-12-8-9-12/h5-7,11-12,18H,4,8-10H2,1-3H3. The van der Waals surface area contributed by atoms with Crippen molar-refractivity contribution < 1.29 is 9.15 Å². The molecule has 1 aromatic carbocycles. The molecule has 1 saturated carbocycles. The summed E-state index contributed by atoms with van der Waals surface area (Å²) < 4.78 is 11.8. The Morgan fingerprint density at radius 1 is 1.35 bits per heavy atom. The molecule has 1 aromatic heterocycles. The Bertz CT molecular complexity index is 596. The van der Waals surface area contributed by atoms with Crippen molar-refractivity contribution in [3.8, 4) is 5.75 Å². The van der Waals surface area contributed by atoms with Gasteiger partial charge in [-0.1, -0.05) is 26.0 Å². The zero-order chi connectivity index (χ0) is 14.1. The van der Waals surface area contributed by atoms with Crippen molar-refractivity contribution >= 4 is 11.0 Å². The molecule has 0 aliphatic heterocycles. The predicted molar refractivity (Wildman–Crippen MR) is 81.3 cm³/mol. The van der Waals surface area contributed by atoms with E-state index < -0.39 is 0 Å². The third-order valence-corrected chi connectivity index (χ3v) is 3.80. The molecule has 1 heterocycles. The summed E-state index contributed by atoms with van der Waals surface area (Å²) in [4.78, 5) is 0. The number of ether oxygens (including phenoxy) is 1. The van der Waals surface area contributed by atoms with Gasteiger partial charge in [0.05, 0.1) is 13.2 Å². The van der Waals surface area contributed by atoms with Gasteiger partial charge >= 0.3 is 0 Å². The first-order valence-corrected chi connectivity index (χ1v) is 7.61. The van der Waals surface area contributed by atoms with Gasteiger partial charge < -0.3 is 14.5 Å². The number of fused-ring (bicyclic) bond motifs is 1. The second-order valence-corrected chi connectivity index (χ2v) is 5.81. The van der Waals surface area contributed by atoms with E-state index in [1.165, 1.54) is 23.8 Å². The van der Waals surface area contributed by atoms with E-state index in [9.17, 15) is 0 Å². The van der Waals surface area contributed by atoms with Gasteiger partial charge in [-0.05, 0) is 31.7 Å². The summed E-state index contributed by atoms with van der Waals surface area (Å²) in [5.74, 6) is 2.36. The second kappa shape index (κ2) is 5.49. The SMILES string of the molecule is CCOc1cccc2c(C(C)C)c(CNC3CC3)oc12. The van der Waals surface area contributed by atoms with Gasteiger partial charge in [0.25, 0.3) is 0 Å². The van der Waals surface area contributed by atoms with Gasteiger partial charge in [0.1, 0.15) is 5.76 Å². The number of hydrogen-bond acceptors (Lipinski definition) is 3. The number of nitrogens with one attached hydrogen (secondary N) is 1. The Kier molecular flexibility index (Phi) is 3.70. The Morgan fingerprint density at radius 2 is 2.15 bits per heavy atom. The van der Waals surface area contributed by atoms with E-state index in [0.717, 1.165) is 23.6 Å². The average molecular weight is 273 g/mol. The molecule has 20 heavy (non-hydrogen) atoms. The normalized spacial score (nSPS) is 15.2. The molecule has 108 valence electrons. The molecule has 3 heteroatoms. The molecular formula is C17H23NO2. The van der Waals surface area contributed by atoms with Gasteiger partial charge in [0.15, 0.2) is 11.3 Å². The van der Waals surface area contributed by atoms with E-state index in [1.807, 2.05) is 19.1 Å². The molecule has 1 N–H and O–H groups in total. The lowest BCUT2D eigenvalue weighted by Crippen LogP contribution is -2.15. The Morgan fingerprint density at radius 3 is 2.80 bits per heavy atom. The fourth-order valence-electron chi connectivity index (χ4n) is 2.72. The van der Waals surface area contributed by atoms with Crippen molar-refractivity contribution in [2.45, 2.75) is 52.1 Å². The van der Waals surface area contributed by atoms with Crippen LogP contribution in [-0.4, -0.2) is 12.6 Å². The summed E-state index contributed by atoms with van der Waals surface area (Å²) in [5, 5.41) is 4.74. The van der Waals surface area contributed by atoms with Crippen LogP contribution >= 0.6 is 0 Å². The predicted octanol–water partition coefficient (Wildman–Crippen LogP) is 4.21. The minimum atomic E-state index is 0.448. The summed E-state index contributed by atoms with van der Waals surface area (Å²) in [6, 6.07) is 6.86. The third-order valence-electron chi connectivity index (χ3n) is 3.80. The lowest BCUT2D eigenvalue weighted by molar-refractivity contribution is 0.337. The first kappa shape index (κ1) is 13.5. The quantitative estimate of drug-likeness (QED) is 0.856. The first-order chi connectivity index (χ1) is 9.70. The van der Waals surface area contributed by atoms with Gasteiger partial charge in [-0.3, -0.25) is 0 Å². The minimum Gasteiger partial charge on any atom is -0.490 e. The van der Waals surface area contributed by atoms with Crippen LogP contribution in [0.5, 0.6) is 5.75 Å². The summed E-state index contributed by atoms with van der Waals surface area (Å²) in [5.41, 5.74) is 2.21. The number of furan rings is 1. The van der Waals surface area contributed by atoms with E-state index in [1.54, 1.807) is 0 Å². The van der Waals surface area contributed by atoms with Crippen molar-refractivity contribution in [2.75, 3.05) is 6.61 Å². The molecule has 0 amide bonds. The third kappa shape index (κ3) is 2.55. The van der Waals surface area contributed by atoms with Crippen LogP contribution in [0, 0.1) is 0 Å². The first-order valence-electron chi connectivity index (χ1n) is 7.61. The van der Waals surface area contributed by atoms with E-state index >= 15 is 0 Å². The largest absolute Gasteiger partial charge is 0.490 e. The fourth-order valence-corrected chi connectivity index (χ4v) is 2.72. The second-order valence-electron chi connectivity index (χ2n) is 5.81. The highest BCUT2D eigenvalue weighted by Gasteiger charge is 2.24. The molecule has 1 fully saturated rings. The van der Waals surface area contributed by atoms with Crippen molar-refractivity contribution in [3.05, 3.63) is 29.5 Å². The van der Waals surface area contributed by atoms with Crippen molar-refractivity contribution in [2.24, 2.45) is 0 Å². The van der Waals surface area contributed by atoms with E-state index in [-0.39, 0.29) is 0 Å². The maximum atomic E-state index is 6.13. The zero-order valence-electron chi connectivity index (χ0n) is 12.5. The minimum absolute atomic E-state index is 0.448. The monoisotopic (exact) mass is 273 g/mol. The summed E-state index contributed by atoms with van der Waals surface area (Å²) >= 11 is 0. The summed E-state index contributed by atoms with van der Waals surface area (Å²) in [6.07, 6.45) is 2.59. The maximum absolute atomic E-state index is 6.13. The van der Waals surface area contributed by atoms with Gasteiger partial charge in [0, 0.05) is 17.0 Å². The molecule has 0 unspecified atom stereocenters. The Labute approximate surface area is 120 Å². The van der Waals surface area contributed by atoms with Gasteiger partial charge in [-0.15, -0.1) is 0 Å². The molecular weight excluding hydrogens is 250 g/mol. The van der Waals surface area contributed by atoms with Crippen molar-refractivity contribution in [1.29, 1.82) is 0 Å². The van der Waals surface area contributed by atoms with Crippen LogP contribution in [0.3, 0.4) is 0 Å². The van der Waals surface area contributed by atoms with E-state index in [0.29, 0.717) is 18.6 Å². The molecule has 1 aliphatic carbocycles. The number of benzene rings is 1. The molecule has 2 aromatic rings. The topological polar surface area (TPSA) is 34.4 Å². The molecule has 0 bridgehead atoms. The van der Waals surface area contributed by atoms with Crippen LogP contribution in [0.2, 0.25) is 0 Å². The number of para-hydroxylation sites is 1. The van der Waals surface area contributed by atoms with Crippen LogP contribution in [0.1, 0.15) is 50.9 Å². The van der Waals surface area contributed by atoms with Gasteiger partial charge in [-0.25, -0.2) is 0 Å². The zero-order valence-corrected chi connectivity index (χ0v) is 12.5.